The first kappa shape index (κ1) is 17.0. The summed E-state index contributed by atoms with van der Waals surface area (Å²) in [4.78, 5) is 29.9. The zero-order valence-electron chi connectivity index (χ0n) is 15.2. The highest BCUT2D eigenvalue weighted by molar-refractivity contribution is 7.24. The third-order valence-electron chi connectivity index (χ3n) is 5.25. The number of hydrogen-bond donors (Lipinski definition) is 2. The van der Waals surface area contributed by atoms with Crippen LogP contribution in [0.1, 0.15) is 18.9 Å². The number of benzene rings is 4. The summed E-state index contributed by atoms with van der Waals surface area (Å²) in [5.74, 6) is -0.0582. The van der Waals surface area contributed by atoms with Crippen molar-refractivity contribution in [3.05, 3.63) is 74.5 Å². The number of aryl methyl sites for hydroxylation is 1. The first-order valence-corrected chi connectivity index (χ1v) is 10.1. The second-order valence-electron chi connectivity index (χ2n) is 6.96. The predicted molar refractivity (Wildman–Crippen MR) is 117 cm³/mol. The fourth-order valence-electron chi connectivity index (χ4n) is 3.98. The van der Waals surface area contributed by atoms with Crippen LogP contribution in [0, 0.1) is 0 Å². The molecule has 4 nitrogen and oxygen atoms in total. The molecule has 5 heteroatoms. The molecular formula is C23H17NO3S. The number of fused-ring (bicyclic) bond motifs is 5. The molecule has 1 heterocycles. The molecule has 0 spiro atoms. The van der Waals surface area contributed by atoms with Gasteiger partial charge in [-0.05, 0) is 18.6 Å². The van der Waals surface area contributed by atoms with Gasteiger partial charge in [0.2, 0.25) is 0 Å². The minimum atomic E-state index is -0.298. The van der Waals surface area contributed by atoms with Crippen LogP contribution in [0.5, 0.6) is 5.75 Å². The van der Waals surface area contributed by atoms with Crippen molar-refractivity contribution in [3.8, 4) is 5.75 Å². The highest BCUT2D eigenvalue weighted by Crippen LogP contribution is 2.39. The number of hydrogen-bond acceptors (Lipinski definition) is 4. The number of para-hydroxylation sites is 1. The van der Waals surface area contributed by atoms with Crippen LogP contribution in [-0.4, -0.2) is 10.1 Å². The molecule has 1 aromatic heterocycles. The average molecular weight is 387 g/mol. The third-order valence-corrected chi connectivity index (χ3v) is 6.48. The molecule has 0 aliphatic heterocycles. The van der Waals surface area contributed by atoms with Gasteiger partial charge in [0.1, 0.15) is 5.75 Å². The van der Waals surface area contributed by atoms with E-state index in [1.807, 2.05) is 31.2 Å². The van der Waals surface area contributed by atoms with Gasteiger partial charge in [-0.25, -0.2) is 0 Å². The largest absolute Gasteiger partial charge is 0.507 e. The Bertz CT molecular complexity index is 1530. The molecule has 138 valence electrons. The van der Waals surface area contributed by atoms with E-state index in [0.29, 0.717) is 22.7 Å². The lowest BCUT2D eigenvalue weighted by Gasteiger charge is -2.14. The topological polar surface area (TPSA) is 70.2 Å². The van der Waals surface area contributed by atoms with E-state index >= 15 is 0 Å². The van der Waals surface area contributed by atoms with Crippen LogP contribution in [0.2, 0.25) is 0 Å². The number of H-pyrrole nitrogens is 1. The summed E-state index contributed by atoms with van der Waals surface area (Å²) in [6, 6.07) is 14.7. The molecule has 0 bridgehead atoms. The van der Waals surface area contributed by atoms with E-state index in [-0.39, 0.29) is 27.4 Å². The summed E-state index contributed by atoms with van der Waals surface area (Å²) in [7, 11) is 0. The Balaban J connectivity index is 2.17. The van der Waals surface area contributed by atoms with Gasteiger partial charge in [0.15, 0.2) is 10.9 Å². The van der Waals surface area contributed by atoms with E-state index in [1.54, 1.807) is 24.3 Å². The smallest absolute Gasteiger partial charge is 0.198 e. The summed E-state index contributed by atoms with van der Waals surface area (Å²) in [5, 5.41) is 12.2. The highest BCUT2D eigenvalue weighted by atomic mass is 32.1. The van der Waals surface area contributed by atoms with E-state index in [2.05, 4.69) is 4.98 Å². The molecule has 0 saturated carbocycles. The number of nitrogens with one attached hydrogen (secondary N) is 1. The number of phenolic OH excluding ortho intramolecular Hbond substituents is 1. The quantitative estimate of drug-likeness (QED) is 0.328. The van der Waals surface area contributed by atoms with Crippen LogP contribution in [0.15, 0.2) is 58.1 Å². The molecule has 5 rings (SSSR count). The van der Waals surface area contributed by atoms with Crippen LogP contribution in [0.4, 0.5) is 0 Å². The van der Waals surface area contributed by atoms with Gasteiger partial charge in [-0.15, -0.1) is 11.3 Å². The normalized spacial score (nSPS) is 11.8. The van der Waals surface area contributed by atoms with Gasteiger partial charge in [-0.1, -0.05) is 49.7 Å². The first-order chi connectivity index (χ1) is 13.6. The highest BCUT2D eigenvalue weighted by Gasteiger charge is 2.21. The molecule has 0 amide bonds. The van der Waals surface area contributed by atoms with Gasteiger partial charge in [0.05, 0.1) is 31.2 Å². The Morgan fingerprint density at radius 1 is 0.929 bits per heavy atom. The number of aromatic nitrogens is 1. The first-order valence-electron chi connectivity index (χ1n) is 9.26. The molecule has 0 saturated heterocycles. The maximum Gasteiger partial charge on any atom is 0.198 e. The molecule has 0 radical (unpaired) electrons. The molecule has 28 heavy (non-hydrogen) atoms. The monoisotopic (exact) mass is 387 g/mol. The molecule has 4 aromatic carbocycles. The van der Waals surface area contributed by atoms with Crippen molar-refractivity contribution in [2.24, 2.45) is 0 Å². The standard InChI is InChI=1S/C23H17NO3S/c1-2-7-14-22(27)18-17(20(25)12-8-3-4-9-13(12)21(18)26)19-23(14)28-16-11-6-5-10-15(16)24-19/h3-6,8-11,24,27H,2,7H2,1H3. The lowest BCUT2D eigenvalue weighted by atomic mass is 9.96. The van der Waals surface area contributed by atoms with Crippen LogP contribution in [0.25, 0.3) is 42.0 Å². The molecule has 0 aliphatic carbocycles. The summed E-state index contributed by atoms with van der Waals surface area (Å²) >= 11 is 1.53. The Kier molecular flexibility index (Phi) is 3.74. The van der Waals surface area contributed by atoms with Crippen LogP contribution in [-0.2, 0) is 6.42 Å². The molecule has 0 atom stereocenters. The lowest BCUT2D eigenvalue weighted by Crippen LogP contribution is -2.14. The second kappa shape index (κ2) is 6.17. The van der Waals surface area contributed by atoms with Gasteiger partial charge < -0.3 is 10.1 Å². The summed E-state index contributed by atoms with van der Waals surface area (Å²) in [5.41, 5.74) is 1.73. The van der Waals surface area contributed by atoms with Gasteiger partial charge in [0, 0.05) is 16.3 Å². The lowest BCUT2D eigenvalue weighted by molar-refractivity contribution is 0.475. The van der Waals surface area contributed by atoms with Crippen LogP contribution < -0.4 is 10.9 Å². The van der Waals surface area contributed by atoms with E-state index in [9.17, 15) is 14.7 Å². The maximum absolute atomic E-state index is 13.3. The van der Waals surface area contributed by atoms with Gasteiger partial charge in [-0.2, -0.15) is 0 Å². The molecule has 0 aliphatic rings. The van der Waals surface area contributed by atoms with Gasteiger partial charge in [-0.3, -0.25) is 9.59 Å². The second-order valence-corrected chi connectivity index (χ2v) is 8.01. The van der Waals surface area contributed by atoms with Crippen molar-refractivity contribution >= 4 is 53.3 Å². The van der Waals surface area contributed by atoms with E-state index in [1.165, 1.54) is 11.3 Å². The van der Waals surface area contributed by atoms with Crippen molar-refractivity contribution in [2.45, 2.75) is 19.8 Å². The summed E-state index contributed by atoms with van der Waals surface area (Å²) < 4.78 is 1.86. The molecule has 2 N–H and O–H groups in total. The number of phenols is 1. The Morgan fingerprint density at radius 3 is 2.29 bits per heavy atom. The molecule has 5 aromatic rings. The molecular weight excluding hydrogens is 370 g/mol. The van der Waals surface area contributed by atoms with Gasteiger partial charge in [0.25, 0.3) is 0 Å². The fraction of sp³-hybridized carbons (Fsp3) is 0.130. The van der Waals surface area contributed by atoms with Crippen molar-refractivity contribution in [2.75, 3.05) is 0 Å². The summed E-state index contributed by atoms with van der Waals surface area (Å²) in [6.07, 6.45) is 1.45. The number of aromatic amines is 1. The van der Waals surface area contributed by atoms with Crippen molar-refractivity contribution in [1.82, 2.24) is 4.98 Å². The van der Waals surface area contributed by atoms with Crippen LogP contribution in [0.3, 0.4) is 0 Å². The number of aromatic hydroxyl groups is 1. The van der Waals surface area contributed by atoms with Crippen LogP contribution >= 0.6 is 11.3 Å². The van der Waals surface area contributed by atoms with Crippen molar-refractivity contribution in [3.63, 3.8) is 0 Å². The van der Waals surface area contributed by atoms with E-state index < -0.39 is 0 Å². The van der Waals surface area contributed by atoms with E-state index in [4.69, 9.17) is 0 Å². The van der Waals surface area contributed by atoms with Crippen molar-refractivity contribution in [1.29, 1.82) is 0 Å². The summed E-state index contributed by atoms with van der Waals surface area (Å²) in [6.45, 7) is 2.03. The fourth-order valence-corrected chi connectivity index (χ4v) is 5.15. The Hall–Kier alpha value is -3.18. The SMILES string of the molecule is CCCc1c(O)c2c(=O)c3ccccc3c(=O)c2c2[nH]c3ccccc3sc12. The van der Waals surface area contributed by atoms with E-state index in [0.717, 1.165) is 26.9 Å². The predicted octanol–water partition coefficient (Wildman–Crippen LogP) is 5.07. The number of rotatable bonds is 2. The van der Waals surface area contributed by atoms with Crippen molar-refractivity contribution < 1.29 is 5.11 Å². The Morgan fingerprint density at radius 2 is 1.57 bits per heavy atom. The zero-order chi connectivity index (χ0) is 19.4. The maximum atomic E-state index is 13.3. The minimum Gasteiger partial charge on any atom is -0.507 e. The minimum absolute atomic E-state index is 0.0582. The third kappa shape index (κ3) is 2.23. The molecule has 0 unspecified atom stereocenters. The average Bonchev–Trinajstić information content (AvgIpc) is 2.72. The molecule has 0 fully saturated rings. The Labute approximate surface area is 163 Å². The zero-order valence-corrected chi connectivity index (χ0v) is 16.0. The van der Waals surface area contributed by atoms with Gasteiger partial charge >= 0.3 is 0 Å².